The third kappa shape index (κ3) is 6.62. The Bertz CT molecular complexity index is 1070. The maximum Gasteiger partial charge on any atom is 0.345 e. The largest absolute Gasteiger partial charge is 0.488 e. The van der Waals surface area contributed by atoms with E-state index >= 15 is 0 Å². The van der Waals surface area contributed by atoms with Crippen molar-refractivity contribution in [2.75, 3.05) is 34.2 Å². The summed E-state index contributed by atoms with van der Waals surface area (Å²) in [6.07, 6.45) is 1.95. The highest BCUT2D eigenvalue weighted by molar-refractivity contribution is 6.18. The molecule has 35 heavy (non-hydrogen) atoms. The van der Waals surface area contributed by atoms with Crippen molar-refractivity contribution in [1.29, 1.82) is 0 Å². The second-order valence-corrected chi connectivity index (χ2v) is 7.37. The van der Waals surface area contributed by atoms with Gasteiger partial charge in [-0.3, -0.25) is 0 Å². The van der Waals surface area contributed by atoms with Crippen molar-refractivity contribution in [3.05, 3.63) is 71.3 Å². The van der Waals surface area contributed by atoms with Crippen molar-refractivity contribution in [1.82, 2.24) is 0 Å². The van der Waals surface area contributed by atoms with Crippen molar-refractivity contribution in [3.8, 4) is 17.2 Å². The summed E-state index contributed by atoms with van der Waals surface area (Å²) in [5.74, 6) is -0.377. The molecule has 0 fully saturated rings. The molecule has 0 unspecified atom stereocenters. The average Bonchev–Trinajstić information content (AvgIpc) is 3.35. The molecule has 3 rings (SSSR count). The van der Waals surface area contributed by atoms with Gasteiger partial charge in [0.1, 0.15) is 31.1 Å². The Hall–Kier alpha value is -3.82. The number of carbonyl (C=O) groups excluding carboxylic acids is 2. The summed E-state index contributed by atoms with van der Waals surface area (Å²) in [4.78, 5) is 25.6. The summed E-state index contributed by atoms with van der Waals surface area (Å²) in [5, 5.41) is 0. The van der Waals surface area contributed by atoms with Gasteiger partial charge >= 0.3 is 11.9 Å². The molecule has 0 saturated carbocycles. The first-order valence-corrected chi connectivity index (χ1v) is 10.8. The number of carbonyl (C=O) groups is 2. The lowest BCUT2D eigenvalue weighted by atomic mass is 10.0. The zero-order valence-corrected chi connectivity index (χ0v) is 19.9. The van der Waals surface area contributed by atoms with E-state index in [-0.39, 0.29) is 32.2 Å². The predicted molar refractivity (Wildman–Crippen MR) is 126 cm³/mol. The van der Waals surface area contributed by atoms with Crippen LogP contribution in [0, 0.1) is 6.92 Å². The fraction of sp³-hybridized carbons (Fsp3) is 0.308. The minimum atomic E-state index is -0.914. The number of ether oxygens (including phenoxy) is 7. The van der Waals surface area contributed by atoms with E-state index in [4.69, 9.17) is 33.2 Å². The summed E-state index contributed by atoms with van der Waals surface area (Å²) in [6.45, 7) is 5.33. The van der Waals surface area contributed by atoms with Gasteiger partial charge in [-0.15, -0.1) is 0 Å². The second kappa shape index (κ2) is 12.6. The molecule has 1 aliphatic rings. The fourth-order valence-electron chi connectivity index (χ4n) is 3.27. The highest BCUT2D eigenvalue weighted by Gasteiger charge is 2.27. The highest BCUT2D eigenvalue weighted by Crippen LogP contribution is 2.43. The molecule has 186 valence electrons. The van der Waals surface area contributed by atoms with Crippen molar-refractivity contribution in [2.45, 2.75) is 19.8 Å². The van der Waals surface area contributed by atoms with Crippen molar-refractivity contribution < 1.29 is 42.7 Å². The Kier molecular flexibility index (Phi) is 9.28. The van der Waals surface area contributed by atoms with E-state index in [9.17, 15) is 9.59 Å². The topological polar surface area (TPSA) is 98.8 Å². The normalized spacial score (nSPS) is 12.4. The summed E-state index contributed by atoms with van der Waals surface area (Å²) in [5.41, 5.74) is 1.67. The van der Waals surface area contributed by atoms with E-state index in [1.54, 1.807) is 13.0 Å². The molecule has 0 N–H and O–H groups in total. The van der Waals surface area contributed by atoms with Crippen molar-refractivity contribution in [3.63, 3.8) is 0 Å². The number of methoxy groups -OCH3 is 2. The molecule has 1 aliphatic heterocycles. The zero-order valence-electron chi connectivity index (χ0n) is 19.9. The summed E-state index contributed by atoms with van der Waals surface area (Å²) in [6, 6.07) is 11.2. The molecule has 0 saturated heterocycles. The molecular weight excluding hydrogens is 456 g/mol. The third-order valence-corrected chi connectivity index (χ3v) is 5.05. The Balaban J connectivity index is 1.99. The Morgan fingerprint density at radius 2 is 1.80 bits per heavy atom. The van der Waals surface area contributed by atoms with Gasteiger partial charge in [-0.25, -0.2) is 9.59 Å². The number of hydrogen-bond donors (Lipinski definition) is 0. The molecule has 0 aliphatic carbocycles. The fourth-order valence-corrected chi connectivity index (χ4v) is 3.27. The van der Waals surface area contributed by atoms with Gasteiger partial charge in [0.25, 0.3) is 0 Å². The van der Waals surface area contributed by atoms with Gasteiger partial charge in [0, 0.05) is 25.3 Å². The van der Waals surface area contributed by atoms with Gasteiger partial charge in [-0.05, 0) is 24.6 Å². The molecule has 0 aromatic heterocycles. The maximum atomic E-state index is 12.9. The first-order valence-electron chi connectivity index (χ1n) is 10.8. The van der Waals surface area contributed by atoms with Crippen LogP contribution in [0.4, 0.5) is 0 Å². The van der Waals surface area contributed by atoms with E-state index in [0.29, 0.717) is 28.4 Å². The van der Waals surface area contributed by atoms with Crippen LogP contribution in [0.3, 0.4) is 0 Å². The molecule has 0 bridgehead atoms. The van der Waals surface area contributed by atoms with Crippen molar-refractivity contribution in [2.24, 2.45) is 0 Å². The van der Waals surface area contributed by atoms with Gasteiger partial charge < -0.3 is 33.2 Å². The van der Waals surface area contributed by atoms with Crippen LogP contribution in [0.1, 0.15) is 16.7 Å². The molecule has 0 radical (unpaired) electrons. The second-order valence-electron chi connectivity index (χ2n) is 7.37. The number of rotatable bonds is 12. The van der Waals surface area contributed by atoms with Crippen LogP contribution >= 0.6 is 0 Å². The molecule has 0 spiro atoms. The minimum Gasteiger partial charge on any atom is -0.488 e. The number of benzene rings is 2. The smallest absolute Gasteiger partial charge is 0.345 e. The summed E-state index contributed by atoms with van der Waals surface area (Å²) in [7, 11) is 2.81. The van der Waals surface area contributed by atoms with Crippen LogP contribution in [0.2, 0.25) is 0 Å². The lowest BCUT2D eigenvalue weighted by molar-refractivity contribution is -0.164. The standard InChI is InChI=1S/C26H28O9/c1-5-11-31-25(27)20(26(28)33-15-22(29-3)30-4)12-19-13-21-24(35-16-34-21)17(2)23(19)32-14-18-9-7-6-8-10-18/h5-10,12-13,22H,1,11,14-16H2,2-4H3/b20-12+. The molecule has 9 heteroatoms. The Morgan fingerprint density at radius 3 is 2.49 bits per heavy atom. The van der Waals surface area contributed by atoms with Crippen molar-refractivity contribution >= 4 is 18.0 Å². The van der Waals surface area contributed by atoms with E-state index in [1.807, 2.05) is 30.3 Å². The third-order valence-electron chi connectivity index (χ3n) is 5.05. The summed E-state index contributed by atoms with van der Waals surface area (Å²) >= 11 is 0. The lowest BCUT2D eigenvalue weighted by Gasteiger charge is -2.16. The van der Waals surface area contributed by atoms with E-state index < -0.39 is 18.2 Å². The molecule has 0 amide bonds. The molecule has 1 heterocycles. The summed E-state index contributed by atoms with van der Waals surface area (Å²) < 4.78 is 37.6. The Labute approximate surface area is 203 Å². The first kappa shape index (κ1) is 25.8. The van der Waals surface area contributed by atoms with Crippen LogP contribution in [0.15, 0.2) is 54.6 Å². The van der Waals surface area contributed by atoms with Gasteiger partial charge in [0.05, 0.1) is 0 Å². The number of esters is 2. The monoisotopic (exact) mass is 484 g/mol. The number of hydrogen-bond acceptors (Lipinski definition) is 9. The van der Waals surface area contributed by atoms with Gasteiger partial charge in [0.15, 0.2) is 17.8 Å². The molecule has 2 aromatic carbocycles. The van der Waals surface area contributed by atoms with Crippen LogP contribution in [0.5, 0.6) is 17.2 Å². The van der Waals surface area contributed by atoms with Crippen LogP contribution in [-0.2, 0) is 35.1 Å². The van der Waals surface area contributed by atoms with E-state index in [1.165, 1.54) is 26.4 Å². The molecule has 0 atom stereocenters. The van der Waals surface area contributed by atoms with Crippen LogP contribution < -0.4 is 14.2 Å². The molecule has 9 nitrogen and oxygen atoms in total. The first-order chi connectivity index (χ1) is 17.0. The molecular formula is C26H28O9. The Morgan fingerprint density at radius 1 is 1.09 bits per heavy atom. The predicted octanol–water partition coefficient (Wildman–Crippen LogP) is 3.58. The quantitative estimate of drug-likeness (QED) is 0.112. The lowest BCUT2D eigenvalue weighted by Crippen LogP contribution is -2.25. The van der Waals surface area contributed by atoms with E-state index in [2.05, 4.69) is 6.58 Å². The average molecular weight is 485 g/mol. The van der Waals surface area contributed by atoms with E-state index in [0.717, 1.165) is 5.56 Å². The maximum absolute atomic E-state index is 12.9. The van der Waals surface area contributed by atoms with Gasteiger partial charge in [0.2, 0.25) is 6.79 Å². The zero-order chi connectivity index (χ0) is 25.2. The SMILES string of the molecule is C=CCOC(=O)/C(=C\c1cc2c(c(C)c1OCc1ccccc1)OCO2)C(=O)OCC(OC)OC. The highest BCUT2D eigenvalue weighted by atomic mass is 16.7. The van der Waals surface area contributed by atoms with Gasteiger partial charge in [-0.1, -0.05) is 43.0 Å². The molecule has 2 aromatic rings. The number of fused-ring (bicyclic) bond motifs is 1. The van der Waals surface area contributed by atoms with Crippen LogP contribution in [0.25, 0.3) is 6.08 Å². The van der Waals surface area contributed by atoms with Gasteiger partial charge in [-0.2, -0.15) is 0 Å². The van der Waals surface area contributed by atoms with Crippen LogP contribution in [-0.4, -0.2) is 52.5 Å². The minimum absolute atomic E-state index is 0.0488.